The van der Waals surface area contributed by atoms with E-state index in [4.69, 9.17) is 5.73 Å². The molecule has 0 rings (SSSR count). The van der Waals surface area contributed by atoms with Gasteiger partial charge in [-0.25, -0.2) is 0 Å². The molecular weight excluding hydrogens is 176 g/mol. The van der Waals surface area contributed by atoms with Crippen LogP contribution >= 0.6 is 0 Å². The van der Waals surface area contributed by atoms with Crippen molar-refractivity contribution in [3.8, 4) is 0 Å². The number of nitrogens with zero attached hydrogens (tertiary/aromatic N) is 1. The van der Waals surface area contributed by atoms with Gasteiger partial charge in [0, 0.05) is 25.4 Å². The molecule has 0 saturated carbocycles. The average molecular weight is 198 g/mol. The summed E-state index contributed by atoms with van der Waals surface area (Å²) in [6.45, 7) is 6.12. The summed E-state index contributed by atoms with van der Waals surface area (Å²) >= 11 is 0. The summed E-state index contributed by atoms with van der Waals surface area (Å²) in [5.41, 5.74) is 6.99. The van der Waals surface area contributed by atoms with Crippen LogP contribution in [0.1, 0.15) is 33.6 Å². The topological polar surface area (TPSA) is 46.3 Å². The van der Waals surface area contributed by atoms with E-state index in [-0.39, 0.29) is 5.91 Å². The molecule has 3 nitrogen and oxygen atoms in total. The Labute approximate surface area is 87.0 Å². The summed E-state index contributed by atoms with van der Waals surface area (Å²) < 4.78 is 0. The molecule has 1 amide bonds. The van der Waals surface area contributed by atoms with Crippen LogP contribution in [0.3, 0.4) is 0 Å². The first-order chi connectivity index (χ1) is 6.40. The lowest BCUT2D eigenvalue weighted by Crippen LogP contribution is -2.22. The van der Waals surface area contributed by atoms with Crippen LogP contribution in [0.4, 0.5) is 0 Å². The van der Waals surface area contributed by atoms with Crippen molar-refractivity contribution in [2.24, 2.45) is 11.7 Å². The van der Waals surface area contributed by atoms with Crippen LogP contribution in [0.15, 0.2) is 11.3 Å². The summed E-state index contributed by atoms with van der Waals surface area (Å²) in [5, 5.41) is 0. The fraction of sp³-hybridized carbons (Fsp3) is 0.727. The molecule has 0 fully saturated rings. The van der Waals surface area contributed by atoms with E-state index in [1.807, 2.05) is 19.0 Å². The highest BCUT2D eigenvalue weighted by molar-refractivity contribution is 5.91. The largest absolute Gasteiger partial charge is 0.381 e. The third kappa shape index (κ3) is 3.81. The van der Waals surface area contributed by atoms with Crippen LogP contribution in [0.5, 0.6) is 0 Å². The summed E-state index contributed by atoms with van der Waals surface area (Å²) in [7, 11) is 3.90. The number of allylic oxidation sites excluding steroid dienone is 1. The first-order valence-electron chi connectivity index (χ1n) is 5.07. The van der Waals surface area contributed by atoms with Gasteiger partial charge >= 0.3 is 0 Å². The summed E-state index contributed by atoms with van der Waals surface area (Å²) in [4.78, 5) is 13.0. The number of hydrogen-bond donors (Lipinski definition) is 1. The molecule has 0 aromatic heterocycles. The normalized spacial score (nSPS) is 14.6. The fourth-order valence-electron chi connectivity index (χ4n) is 1.29. The number of carbonyl (C=O) groups excluding carboxylic acids is 1. The van der Waals surface area contributed by atoms with Crippen LogP contribution in [0.2, 0.25) is 0 Å². The molecule has 0 spiro atoms. The molecule has 0 aliphatic carbocycles. The summed E-state index contributed by atoms with van der Waals surface area (Å²) in [6, 6.07) is 0. The molecule has 1 unspecified atom stereocenters. The molecule has 0 heterocycles. The smallest absolute Gasteiger partial charge is 0.246 e. The molecular formula is C11H22N2O. The Morgan fingerprint density at radius 3 is 2.21 bits per heavy atom. The van der Waals surface area contributed by atoms with Crippen LogP contribution < -0.4 is 5.73 Å². The molecule has 0 saturated heterocycles. The van der Waals surface area contributed by atoms with Gasteiger partial charge in [0.25, 0.3) is 0 Å². The molecule has 82 valence electrons. The van der Waals surface area contributed by atoms with Crippen LogP contribution in [0, 0.1) is 5.92 Å². The van der Waals surface area contributed by atoms with Gasteiger partial charge in [-0.1, -0.05) is 20.3 Å². The minimum absolute atomic E-state index is 0.322. The molecule has 0 aliphatic rings. The maximum Gasteiger partial charge on any atom is 0.246 e. The first-order valence-corrected chi connectivity index (χ1v) is 5.07. The Bertz CT molecular complexity index is 231. The molecule has 2 N–H and O–H groups in total. The van der Waals surface area contributed by atoms with Gasteiger partial charge in [0.2, 0.25) is 5.91 Å². The maximum absolute atomic E-state index is 11.1. The lowest BCUT2D eigenvalue weighted by atomic mass is 9.99. The third-order valence-electron chi connectivity index (χ3n) is 2.58. The number of primary amides is 1. The quantitative estimate of drug-likeness (QED) is 0.684. The number of amides is 1. The standard InChI is InChI=1S/C11H22N2O/c1-6-8(2)7-10(13(4)5)9(3)11(12)14/h8H,6-7H2,1-5H3,(H2,12,14). The van der Waals surface area contributed by atoms with Gasteiger partial charge < -0.3 is 10.6 Å². The first kappa shape index (κ1) is 13.0. The van der Waals surface area contributed by atoms with E-state index in [9.17, 15) is 4.79 Å². The lowest BCUT2D eigenvalue weighted by molar-refractivity contribution is -0.114. The Hall–Kier alpha value is -0.990. The minimum Gasteiger partial charge on any atom is -0.381 e. The Kier molecular flexibility index (Phi) is 5.28. The van der Waals surface area contributed by atoms with Crippen molar-refractivity contribution in [3.63, 3.8) is 0 Å². The van der Waals surface area contributed by atoms with Crippen molar-refractivity contribution >= 4 is 5.91 Å². The second-order valence-electron chi connectivity index (χ2n) is 4.05. The van der Waals surface area contributed by atoms with E-state index in [1.165, 1.54) is 0 Å². The predicted octanol–water partition coefficient (Wildman–Crippen LogP) is 1.74. The molecule has 0 bridgehead atoms. The highest BCUT2D eigenvalue weighted by atomic mass is 16.1. The highest BCUT2D eigenvalue weighted by Crippen LogP contribution is 2.19. The van der Waals surface area contributed by atoms with Crippen LogP contribution in [-0.4, -0.2) is 24.9 Å². The van der Waals surface area contributed by atoms with Crippen molar-refractivity contribution < 1.29 is 4.79 Å². The Balaban J connectivity index is 4.77. The molecule has 3 heteroatoms. The van der Waals surface area contributed by atoms with Crippen molar-refractivity contribution in [1.82, 2.24) is 4.90 Å². The van der Waals surface area contributed by atoms with Crippen LogP contribution in [0.25, 0.3) is 0 Å². The monoisotopic (exact) mass is 198 g/mol. The molecule has 0 aliphatic heterocycles. The van der Waals surface area contributed by atoms with E-state index in [1.54, 1.807) is 6.92 Å². The summed E-state index contributed by atoms with van der Waals surface area (Å²) in [6.07, 6.45) is 2.03. The van der Waals surface area contributed by atoms with E-state index in [0.29, 0.717) is 11.5 Å². The number of rotatable bonds is 5. The highest BCUT2D eigenvalue weighted by Gasteiger charge is 2.12. The molecule has 1 atom stereocenters. The van der Waals surface area contributed by atoms with Gasteiger partial charge in [-0.05, 0) is 19.3 Å². The second kappa shape index (κ2) is 5.68. The van der Waals surface area contributed by atoms with E-state index >= 15 is 0 Å². The average Bonchev–Trinajstić information content (AvgIpc) is 2.11. The van der Waals surface area contributed by atoms with Crippen molar-refractivity contribution in [1.29, 1.82) is 0 Å². The van der Waals surface area contributed by atoms with Gasteiger partial charge in [0.05, 0.1) is 0 Å². The number of carbonyl (C=O) groups is 1. The second-order valence-corrected chi connectivity index (χ2v) is 4.05. The number of nitrogens with two attached hydrogens (primary N) is 1. The molecule has 0 radical (unpaired) electrons. The van der Waals surface area contributed by atoms with Crippen LogP contribution in [-0.2, 0) is 4.79 Å². The lowest BCUT2D eigenvalue weighted by Gasteiger charge is -2.22. The van der Waals surface area contributed by atoms with E-state index in [0.717, 1.165) is 18.5 Å². The molecule has 14 heavy (non-hydrogen) atoms. The van der Waals surface area contributed by atoms with Gasteiger partial charge in [-0.15, -0.1) is 0 Å². The van der Waals surface area contributed by atoms with E-state index in [2.05, 4.69) is 13.8 Å². The Morgan fingerprint density at radius 1 is 1.43 bits per heavy atom. The van der Waals surface area contributed by atoms with Crippen molar-refractivity contribution in [2.45, 2.75) is 33.6 Å². The zero-order chi connectivity index (χ0) is 11.3. The zero-order valence-electron chi connectivity index (χ0n) is 9.92. The maximum atomic E-state index is 11.1. The zero-order valence-corrected chi connectivity index (χ0v) is 9.92. The molecule has 0 aromatic rings. The third-order valence-corrected chi connectivity index (χ3v) is 2.58. The van der Waals surface area contributed by atoms with Gasteiger partial charge in [0.15, 0.2) is 0 Å². The van der Waals surface area contributed by atoms with E-state index < -0.39 is 0 Å². The van der Waals surface area contributed by atoms with Crippen molar-refractivity contribution in [2.75, 3.05) is 14.1 Å². The van der Waals surface area contributed by atoms with Gasteiger partial charge in [-0.2, -0.15) is 0 Å². The van der Waals surface area contributed by atoms with Gasteiger partial charge in [0.1, 0.15) is 0 Å². The predicted molar refractivity (Wildman–Crippen MR) is 59.7 cm³/mol. The van der Waals surface area contributed by atoms with Crippen molar-refractivity contribution in [3.05, 3.63) is 11.3 Å². The molecule has 0 aromatic carbocycles. The number of hydrogen-bond acceptors (Lipinski definition) is 2. The Morgan fingerprint density at radius 2 is 1.93 bits per heavy atom. The minimum atomic E-state index is -0.322. The summed E-state index contributed by atoms with van der Waals surface area (Å²) in [5.74, 6) is 0.263. The fourth-order valence-corrected chi connectivity index (χ4v) is 1.29. The van der Waals surface area contributed by atoms with Gasteiger partial charge in [-0.3, -0.25) is 4.79 Å². The SMILES string of the molecule is CCC(C)CC(=C(C)C(N)=O)N(C)C.